The third-order valence-electron chi connectivity index (χ3n) is 6.58. The van der Waals surface area contributed by atoms with Crippen LogP contribution >= 0.6 is 0 Å². The van der Waals surface area contributed by atoms with Gasteiger partial charge in [-0.1, -0.05) is 57.6 Å². The van der Waals surface area contributed by atoms with Gasteiger partial charge in [0.1, 0.15) is 5.75 Å². The molecule has 0 bridgehead atoms. The molecule has 1 aliphatic rings. The number of alkyl halides is 7. The standard InChI is InChI=1S/C25H33F7O2/c1-2-3-4-5-6-7-18-8-12-20(13-9-18)22(33)34-21-14-10-19(11-15-21)16-17-23(26,27)24(28,29)25(30,31)32/h10-11,14-15,18,20H,2-9,12-13,16-17H2,1H3/t18-,20-. The first-order chi connectivity index (χ1) is 15.9. The molecule has 0 radical (unpaired) electrons. The summed E-state index contributed by atoms with van der Waals surface area (Å²) in [5.41, 5.74) is 0.136. The van der Waals surface area contributed by atoms with Crippen molar-refractivity contribution in [3.8, 4) is 5.75 Å². The first-order valence-electron chi connectivity index (χ1n) is 12.0. The summed E-state index contributed by atoms with van der Waals surface area (Å²) in [5.74, 6) is -11.1. The highest BCUT2D eigenvalue weighted by Gasteiger charge is 2.72. The Morgan fingerprint density at radius 2 is 1.47 bits per heavy atom. The fraction of sp³-hybridized carbons (Fsp3) is 0.720. The summed E-state index contributed by atoms with van der Waals surface area (Å²) in [6.07, 6.45) is 2.15. The van der Waals surface area contributed by atoms with Crippen LogP contribution in [0.5, 0.6) is 5.75 Å². The number of esters is 1. The number of unbranched alkanes of at least 4 members (excludes halogenated alkanes) is 4. The van der Waals surface area contributed by atoms with Gasteiger partial charge in [0.05, 0.1) is 5.92 Å². The number of aryl methyl sites for hydroxylation is 1. The summed E-state index contributed by atoms with van der Waals surface area (Å²) in [6.45, 7) is 2.18. The van der Waals surface area contributed by atoms with Gasteiger partial charge in [0.25, 0.3) is 0 Å². The smallest absolute Gasteiger partial charge is 0.426 e. The third-order valence-corrected chi connectivity index (χ3v) is 6.58. The molecule has 1 aromatic carbocycles. The molecule has 1 fully saturated rings. The third kappa shape index (κ3) is 7.87. The molecule has 1 aliphatic carbocycles. The monoisotopic (exact) mass is 498 g/mol. The van der Waals surface area contributed by atoms with Crippen molar-refractivity contribution in [2.75, 3.05) is 0 Å². The summed E-state index contributed by atoms with van der Waals surface area (Å²) in [4.78, 5) is 12.4. The Morgan fingerprint density at radius 3 is 2.03 bits per heavy atom. The zero-order valence-corrected chi connectivity index (χ0v) is 19.4. The van der Waals surface area contributed by atoms with Crippen LogP contribution in [0.25, 0.3) is 0 Å². The lowest BCUT2D eigenvalue weighted by Gasteiger charge is -2.28. The van der Waals surface area contributed by atoms with Crippen molar-refractivity contribution in [2.45, 2.75) is 102 Å². The molecule has 0 unspecified atom stereocenters. The van der Waals surface area contributed by atoms with Gasteiger partial charge >= 0.3 is 24.0 Å². The van der Waals surface area contributed by atoms with Crippen LogP contribution in [0.15, 0.2) is 24.3 Å². The van der Waals surface area contributed by atoms with E-state index in [1.807, 2.05) is 0 Å². The van der Waals surface area contributed by atoms with E-state index < -0.39 is 30.9 Å². The van der Waals surface area contributed by atoms with Crippen LogP contribution in [0.2, 0.25) is 0 Å². The molecule has 0 N–H and O–H groups in total. The predicted molar refractivity (Wildman–Crippen MR) is 115 cm³/mol. The summed E-state index contributed by atoms with van der Waals surface area (Å²) < 4.78 is 94.9. The number of rotatable bonds is 12. The molecule has 1 aromatic rings. The highest BCUT2D eigenvalue weighted by Crippen LogP contribution is 2.48. The van der Waals surface area contributed by atoms with Crippen molar-refractivity contribution in [1.82, 2.24) is 0 Å². The minimum absolute atomic E-state index is 0.136. The van der Waals surface area contributed by atoms with Crippen molar-refractivity contribution in [3.63, 3.8) is 0 Å². The maximum atomic E-state index is 13.4. The highest BCUT2D eigenvalue weighted by atomic mass is 19.4. The molecule has 2 nitrogen and oxygen atoms in total. The van der Waals surface area contributed by atoms with Gasteiger partial charge in [0.15, 0.2) is 0 Å². The summed E-state index contributed by atoms with van der Waals surface area (Å²) in [7, 11) is 0. The average molecular weight is 499 g/mol. The Bertz CT molecular complexity index is 752. The Morgan fingerprint density at radius 1 is 0.882 bits per heavy atom. The molecule has 194 valence electrons. The molecule has 9 heteroatoms. The number of benzene rings is 1. The predicted octanol–water partition coefficient (Wildman–Crippen LogP) is 8.52. The number of halogens is 7. The molecule has 0 spiro atoms. The molecule has 0 saturated heterocycles. The Hall–Kier alpha value is -1.80. The van der Waals surface area contributed by atoms with Crippen molar-refractivity contribution in [2.24, 2.45) is 11.8 Å². The van der Waals surface area contributed by atoms with E-state index in [2.05, 4.69) is 6.92 Å². The number of hydrogen-bond donors (Lipinski definition) is 0. The fourth-order valence-electron chi connectivity index (χ4n) is 4.31. The van der Waals surface area contributed by atoms with E-state index in [1.54, 1.807) is 0 Å². The van der Waals surface area contributed by atoms with Crippen LogP contribution in [-0.4, -0.2) is 24.0 Å². The lowest BCUT2D eigenvalue weighted by Crippen LogP contribution is -2.52. The maximum absolute atomic E-state index is 13.4. The molecule has 1 saturated carbocycles. The summed E-state index contributed by atoms with van der Waals surface area (Å²) >= 11 is 0. The van der Waals surface area contributed by atoms with Gasteiger partial charge in [-0.2, -0.15) is 30.7 Å². The minimum atomic E-state index is -6.33. The van der Waals surface area contributed by atoms with Crippen molar-refractivity contribution in [1.29, 1.82) is 0 Å². The van der Waals surface area contributed by atoms with Crippen LogP contribution in [0, 0.1) is 11.8 Å². The molecule has 0 amide bonds. The van der Waals surface area contributed by atoms with Crippen molar-refractivity contribution >= 4 is 5.97 Å². The lowest BCUT2D eigenvalue weighted by atomic mass is 9.80. The second kappa shape index (κ2) is 12.2. The zero-order valence-electron chi connectivity index (χ0n) is 19.4. The van der Waals surface area contributed by atoms with Crippen LogP contribution in [0.1, 0.15) is 83.1 Å². The van der Waals surface area contributed by atoms with E-state index in [1.165, 1.54) is 62.8 Å². The van der Waals surface area contributed by atoms with Crippen molar-refractivity contribution < 1.29 is 40.3 Å². The first-order valence-corrected chi connectivity index (χ1v) is 12.0. The van der Waals surface area contributed by atoms with Gasteiger partial charge in [0.2, 0.25) is 0 Å². The van der Waals surface area contributed by atoms with Gasteiger partial charge in [-0.25, -0.2) is 0 Å². The van der Waals surface area contributed by atoms with E-state index in [0.717, 1.165) is 25.7 Å². The van der Waals surface area contributed by atoms with E-state index in [4.69, 9.17) is 4.74 Å². The van der Waals surface area contributed by atoms with Gasteiger partial charge < -0.3 is 4.74 Å². The average Bonchev–Trinajstić information content (AvgIpc) is 2.78. The second-order valence-corrected chi connectivity index (χ2v) is 9.26. The largest absolute Gasteiger partial charge is 0.459 e. The van der Waals surface area contributed by atoms with Crippen molar-refractivity contribution in [3.05, 3.63) is 29.8 Å². The quantitative estimate of drug-likeness (QED) is 0.125. The van der Waals surface area contributed by atoms with E-state index in [9.17, 15) is 35.5 Å². The maximum Gasteiger partial charge on any atom is 0.459 e. The molecular weight excluding hydrogens is 465 g/mol. The SMILES string of the molecule is CCCCCCC[C@H]1CC[C@H](C(=O)Oc2ccc(CCC(F)(F)C(F)(F)C(F)(F)F)cc2)CC1. The van der Waals surface area contributed by atoms with Gasteiger partial charge in [-0.05, 0) is 55.7 Å². The number of carbonyl (C=O) groups is 1. The molecule has 0 heterocycles. The van der Waals surface area contributed by atoms with E-state index in [-0.39, 0.29) is 23.2 Å². The molecule has 0 aromatic heterocycles. The van der Waals surface area contributed by atoms with Gasteiger partial charge in [-0.3, -0.25) is 4.79 Å². The molecule has 2 rings (SSSR count). The van der Waals surface area contributed by atoms with Crippen LogP contribution in [0.4, 0.5) is 30.7 Å². The molecule has 0 aliphatic heterocycles. The number of carbonyl (C=O) groups excluding carboxylic acids is 1. The Kier molecular flexibility index (Phi) is 10.2. The summed E-state index contributed by atoms with van der Waals surface area (Å²) in [6, 6.07) is 5.21. The summed E-state index contributed by atoms with van der Waals surface area (Å²) in [5, 5.41) is 0. The highest BCUT2D eigenvalue weighted by molar-refractivity contribution is 5.75. The topological polar surface area (TPSA) is 26.3 Å². The zero-order chi connectivity index (χ0) is 25.4. The van der Waals surface area contributed by atoms with E-state index >= 15 is 0 Å². The first kappa shape index (κ1) is 28.4. The lowest BCUT2D eigenvalue weighted by molar-refractivity contribution is -0.355. The minimum Gasteiger partial charge on any atom is -0.426 e. The van der Waals surface area contributed by atoms with E-state index in [0.29, 0.717) is 5.92 Å². The molecule has 34 heavy (non-hydrogen) atoms. The second-order valence-electron chi connectivity index (χ2n) is 9.26. The Balaban J connectivity index is 1.77. The molecular formula is C25H33F7O2. The van der Waals surface area contributed by atoms with Gasteiger partial charge in [-0.15, -0.1) is 0 Å². The number of ether oxygens (including phenoxy) is 1. The fourth-order valence-corrected chi connectivity index (χ4v) is 4.31. The Labute approximate surface area is 196 Å². The van der Waals surface area contributed by atoms with Crippen LogP contribution in [-0.2, 0) is 11.2 Å². The number of hydrogen-bond acceptors (Lipinski definition) is 2. The van der Waals surface area contributed by atoms with Gasteiger partial charge in [0, 0.05) is 6.42 Å². The van der Waals surface area contributed by atoms with Crippen LogP contribution in [0.3, 0.4) is 0 Å². The normalized spacial score (nSPS) is 19.8. The van der Waals surface area contributed by atoms with Crippen LogP contribution < -0.4 is 4.74 Å². The molecule has 0 atom stereocenters.